The molecule has 1 aromatic carbocycles. The summed E-state index contributed by atoms with van der Waals surface area (Å²) in [6.07, 6.45) is 0. The van der Waals surface area contributed by atoms with Gasteiger partial charge >= 0.3 is 0 Å². The Morgan fingerprint density at radius 1 is 1.22 bits per heavy atom. The van der Waals surface area contributed by atoms with Gasteiger partial charge in [-0.2, -0.15) is 5.10 Å². The van der Waals surface area contributed by atoms with E-state index in [2.05, 4.69) is 15.4 Å². The van der Waals surface area contributed by atoms with Gasteiger partial charge in [-0.05, 0) is 31.5 Å². The number of rotatable bonds is 5. The Balaban J connectivity index is 1.69. The van der Waals surface area contributed by atoms with Crippen molar-refractivity contribution in [2.75, 3.05) is 11.9 Å². The number of nitrogens with zero attached hydrogens (tertiary/aromatic N) is 4. The van der Waals surface area contributed by atoms with Gasteiger partial charge in [-0.25, -0.2) is 0 Å². The van der Waals surface area contributed by atoms with Gasteiger partial charge in [0.2, 0.25) is 5.91 Å². The quantitative estimate of drug-likeness (QED) is 0.591. The zero-order valence-corrected chi connectivity index (χ0v) is 19.4. The third-order valence-electron chi connectivity index (χ3n) is 5.43. The molecule has 0 aliphatic carbocycles. The molecule has 0 bridgehead atoms. The third kappa shape index (κ3) is 3.97. The molecule has 1 aliphatic heterocycles. The van der Waals surface area contributed by atoms with Crippen LogP contribution in [0.2, 0.25) is 10.0 Å². The van der Waals surface area contributed by atoms with Gasteiger partial charge in [0.25, 0.3) is 5.91 Å². The Hall–Kier alpha value is -2.94. The highest BCUT2D eigenvalue weighted by atomic mass is 35.5. The van der Waals surface area contributed by atoms with Crippen LogP contribution in [0.25, 0.3) is 11.1 Å². The first-order valence-corrected chi connectivity index (χ1v) is 10.7. The van der Waals surface area contributed by atoms with Crippen LogP contribution >= 0.6 is 23.2 Å². The van der Waals surface area contributed by atoms with E-state index in [0.29, 0.717) is 38.2 Å². The number of hydrogen-bond donors (Lipinski definition) is 2. The number of nitrogens with one attached hydrogen (secondary N) is 1. The Morgan fingerprint density at radius 2 is 1.97 bits per heavy atom. The molecule has 1 aliphatic rings. The van der Waals surface area contributed by atoms with Crippen LogP contribution in [0.5, 0.6) is 0 Å². The van der Waals surface area contributed by atoms with Gasteiger partial charge in [0, 0.05) is 46.5 Å². The molecule has 2 aromatic heterocycles. The van der Waals surface area contributed by atoms with Crippen LogP contribution in [0.1, 0.15) is 33.0 Å². The number of fused-ring (bicyclic) bond motifs is 1. The maximum Gasteiger partial charge on any atom is 0.257 e. The summed E-state index contributed by atoms with van der Waals surface area (Å²) in [5, 5.41) is 7.91. The van der Waals surface area contributed by atoms with E-state index in [1.165, 1.54) is 4.90 Å². The highest BCUT2D eigenvalue weighted by molar-refractivity contribution is 6.36. The molecule has 3 heterocycles. The third-order valence-corrected chi connectivity index (χ3v) is 5.98. The Morgan fingerprint density at radius 3 is 2.59 bits per heavy atom. The average molecular weight is 473 g/mol. The molecular formula is C22H22Cl2N6O2. The van der Waals surface area contributed by atoms with Crippen LogP contribution in [-0.4, -0.2) is 38.0 Å². The van der Waals surface area contributed by atoms with E-state index in [1.54, 1.807) is 36.0 Å². The molecule has 0 radical (unpaired) electrons. The molecule has 4 rings (SSSR count). The topological polar surface area (TPSA) is 106 Å². The lowest BCUT2D eigenvalue weighted by molar-refractivity contribution is -0.117. The first-order chi connectivity index (χ1) is 15.2. The first kappa shape index (κ1) is 22.3. The predicted octanol–water partition coefficient (Wildman–Crippen LogP) is 3.46. The number of anilines is 1. The van der Waals surface area contributed by atoms with E-state index in [0.717, 1.165) is 17.0 Å². The van der Waals surface area contributed by atoms with Crippen molar-refractivity contribution in [3.8, 4) is 11.1 Å². The van der Waals surface area contributed by atoms with Gasteiger partial charge in [0.1, 0.15) is 12.4 Å². The van der Waals surface area contributed by atoms with E-state index in [1.807, 2.05) is 13.8 Å². The summed E-state index contributed by atoms with van der Waals surface area (Å²) in [5.41, 5.74) is 10.6. The first-order valence-electron chi connectivity index (χ1n) is 9.97. The second-order valence-corrected chi connectivity index (χ2v) is 8.55. The lowest BCUT2D eigenvalue weighted by Crippen LogP contribution is -2.34. The van der Waals surface area contributed by atoms with Crippen LogP contribution in [-0.2, 0) is 24.9 Å². The van der Waals surface area contributed by atoms with Crippen LogP contribution < -0.4 is 11.1 Å². The summed E-state index contributed by atoms with van der Waals surface area (Å²) in [7, 11) is 1.74. The van der Waals surface area contributed by atoms with E-state index in [9.17, 15) is 9.59 Å². The van der Waals surface area contributed by atoms with Gasteiger partial charge < -0.3 is 16.0 Å². The highest BCUT2D eigenvalue weighted by Crippen LogP contribution is 2.39. The Labute approximate surface area is 195 Å². The van der Waals surface area contributed by atoms with Crippen molar-refractivity contribution in [3.05, 3.63) is 62.5 Å². The number of aryl methyl sites for hydroxylation is 3. The van der Waals surface area contributed by atoms with Crippen molar-refractivity contribution >= 4 is 40.8 Å². The SMILES string of the molecule is Cc1cc(NC(=O)CN2Cc3nc(C)c(CN)c(-c4ccc(Cl)cc4Cl)c3C2=O)n(C)n1. The zero-order chi connectivity index (χ0) is 23.2. The number of benzene rings is 1. The minimum Gasteiger partial charge on any atom is -0.326 e. The number of amides is 2. The molecule has 0 atom stereocenters. The molecule has 3 N–H and O–H groups in total. The number of carbonyl (C=O) groups excluding carboxylic acids is 2. The number of nitrogens with two attached hydrogens (primary N) is 1. The summed E-state index contributed by atoms with van der Waals surface area (Å²) in [6.45, 7) is 3.97. The molecule has 32 heavy (non-hydrogen) atoms. The van der Waals surface area contributed by atoms with E-state index < -0.39 is 0 Å². The van der Waals surface area contributed by atoms with Crippen molar-refractivity contribution < 1.29 is 9.59 Å². The average Bonchev–Trinajstić information content (AvgIpc) is 3.18. The molecule has 8 nitrogen and oxygen atoms in total. The van der Waals surface area contributed by atoms with Crippen molar-refractivity contribution in [2.45, 2.75) is 26.9 Å². The van der Waals surface area contributed by atoms with Crippen molar-refractivity contribution in [3.63, 3.8) is 0 Å². The Kier molecular flexibility index (Phi) is 5.94. The van der Waals surface area contributed by atoms with Crippen LogP contribution in [0.3, 0.4) is 0 Å². The highest BCUT2D eigenvalue weighted by Gasteiger charge is 2.35. The van der Waals surface area contributed by atoms with Crippen LogP contribution in [0.4, 0.5) is 5.82 Å². The predicted molar refractivity (Wildman–Crippen MR) is 124 cm³/mol. The second kappa shape index (κ2) is 8.54. The summed E-state index contributed by atoms with van der Waals surface area (Å²) in [6, 6.07) is 6.87. The minimum absolute atomic E-state index is 0.121. The molecule has 0 unspecified atom stereocenters. The van der Waals surface area contributed by atoms with Gasteiger partial charge in [0.05, 0.1) is 23.5 Å². The van der Waals surface area contributed by atoms with Crippen molar-refractivity contribution in [1.82, 2.24) is 19.7 Å². The molecular weight excluding hydrogens is 451 g/mol. The summed E-state index contributed by atoms with van der Waals surface area (Å²) in [5.74, 6) is -0.0553. The number of halogens is 2. The zero-order valence-electron chi connectivity index (χ0n) is 17.9. The fourth-order valence-electron chi connectivity index (χ4n) is 4.01. The number of carbonyl (C=O) groups is 2. The smallest absolute Gasteiger partial charge is 0.257 e. The summed E-state index contributed by atoms with van der Waals surface area (Å²) >= 11 is 12.5. The van der Waals surface area contributed by atoms with Crippen LogP contribution in [0.15, 0.2) is 24.3 Å². The lowest BCUT2D eigenvalue weighted by Gasteiger charge is -2.17. The maximum atomic E-state index is 13.4. The molecule has 0 fully saturated rings. The number of hydrogen-bond acceptors (Lipinski definition) is 5. The normalized spacial score (nSPS) is 12.9. The lowest BCUT2D eigenvalue weighted by atomic mass is 9.93. The van der Waals surface area contributed by atoms with E-state index in [-0.39, 0.29) is 31.4 Å². The maximum absolute atomic E-state index is 13.4. The molecule has 3 aromatic rings. The second-order valence-electron chi connectivity index (χ2n) is 7.70. The molecule has 2 amide bonds. The fourth-order valence-corrected chi connectivity index (χ4v) is 4.51. The Bertz CT molecular complexity index is 1250. The standard InChI is InChI=1S/C22H22Cl2N6O2/c1-11-6-18(29(3)28-11)27-19(31)10-30-9-17-21(22(30)32)20(15(8-25)12(2)26-17)14-5-4-13(23)7-16(14)24/h4-7H,8-10,25H2,1-3H3,(H,27,31). The van der Waals surface area contributed by atoms with Gasteiger partial charge in [-0.3, -0.25) is 19.3 Å². The van der Waals surface area contributed by atoms with Gasteiger partial charge in [0.15, 0.2) is 0 Å². The van der Waals surface area contributed by atoms with Crippen molar-refractivity contribution in [1.29, 1.82) is 0 Å². The molecule has 0 saturated heterocycles. The fraction of sp³-hybridized carbons (Fsp3) is 0.273. The molecule has 0 saturated carbocycles. The monoisotopic (exact) mass is 472 g/mol. The van der Waals surface area contributed by atoms with Crippen LogP contribution in [0, 0.1) is 13.8 Å². The number of aromatic nitrogens is 3. The van der Waals surface area contributed by atoms with E-state index in [4.69, 9.17) is 28.9 Å². The number of pyridine rings is 1. The molecule has 0 spiro atoms. The van der Waals surface area contributed by atoms with E-state index >= 15 is 0 Å². The summed E-state index contributed by atoms with van der Waals surface area (Å²) < 4.78 is 1.58. The van der Waals surface area contributed by atoms with Gasteiger partial charge in [-0.15, -0.1) is 0 Å². The summed E-state index contributed by atoms with van der Waals surface area (Å²) in [4.78, 5) is 32.1. The molecule has 166 valence electrons. The van der Waals surface area contributed by atoms with Gasteiger partial charge in [-0.1, -0.05) is 29.3 Å². The minimum atomic E-state index is -0.323. The van der Waals surface area contributed by atoms with Crippen molar-refractivity contribution in [2.24, 2.45) is 12.8 Å². The molecule has 10 heteroatoms. The largest absolute Gasteiger partial charge is 0.326 e.